The number of halogens is 1. The minimum Gasteiger partial charge on any atom is -0.332 e. The number of nitrogens with zero attached hydrogens (tertiary/aromatic N) is 3. The first kappa shape index (κ1) is 19.8. The van der Waals surface area contributed by atoms with Gasteiger partial charge in [0.05, 0.1) is 17.8 Å². The van der Waals surface area contributed by atoms with Crippen molar-refractivity contribution < 1.29 is 9.59 Å². The number of pyridine rings is 1. The van der Waals surface area contributed by atoms with Gasteiger partial charge in [-0.25, -0.2) is 4.98 Å². The number of carbonyl (C=O) groups excluding carboxylic acids is 2. The Hall–Kier alpha value is -2.93. The van der Waals surface area contributed by atoms with Gasteiger partial charge in [-0.3, -0.25) is 9.59 Å². The molecule has 2 aromatic heterocycles. The van der Waals surface area contributed by atoms with Crippen molar-refractivity contribution in [3.63, 3.8) is 0 Å². The molecule has 2 amide bonds. The van der Waals surface area contributed by atoms with E-state index in [0.717, 1.165) is 21.7 Å². The summed E-state index contributed by atoms with van der Waals surface area (Å²) in [4.78, 5) is 31.0. The lowest BCUT2D eigenvalue weighted by atomic mass is 10.2. The zero-order valence-electron chi connectivity index (χ0n) is 15.9. The van der Waals surface area contributed by atoms with E-state index in [1.807, 2.05) is 60.9 Å². The fourth-order valence-corrected chi connectivity index (χ4v) is 3.45. The minimum atomic E-state index is -0.263. The van der Waals surface area contributed by atoms with E-state index in [4.69, 9.17) is 0 Å². The van der Waals surface area contributed by atoms with E-state index in [1.165, 1.54) is 4.90 Å². The van der Waals surface area contributed by atoms with Crippen LogP contribution >= 0.6 is 15.9 Å². The zero-order chi connectivity index (χ0) is 20.3. The average Bonchev–Trinajstić information content (AvgIpc) is 2.97. The van der Waals surface area contributed by atoms with Gasteiger partial charge in [0.1, 0.15) is 5.82 Å². The average molecular weight is 441 g/mol. The number of nitrogens with one attached hydrogen (secondary N) is 1. The quantitative estimate of drug-likeness (QED) is 0.652. The predicted molar refractivity (Wildman–Crippen MR) is 113 cm³/mol. The second kappa shape index (κ2) is 8.39. The second-order valence-corrected chi connectivity index (χ2v) is 7.35. The Kier molecular flexibility index (Phi) is 5.94. The zero-order valence-corrected chi connectivity index (χ0v) is 17.5. The van der Waals surface area contributed by atoms with Gasteiger partial charge in [-0.1, -0.05) is 18.2 Å². The summed E-state index contributed by atoms with van der Waals surface area (Å²) < 4.78 is 2.72. The van der Waals surface area contributed by atoms with Crippen LogP contribution in [0.5, 0.6) is 0 Å². The fraction of sp³-hybridized carbons (Fsp3) is 0.190. The van der Waals surface area contributed by atoms with Crippen molar-refractivity contribution in [2.24, 2.45) is 0 Å². The van der Waals surface area contributed by atoms with Crippen LogP contribution in [0.15, 0.2) is 59.2 Å². The van der Waals surface area contributed by atoms with E-state index in [0.29, 0.717) is 11.3 Å². The molecule has 144 valence electrons. The number of para-hydroxylation sites is 1. The molecule has 28 heavy (non-hydrogen) atoms. The van der Waals surface area contributed by atoms with Gasteiger partial charge >= 0.3 is 0 Å². The summed E-state index contributed by atoms with van der Waals surface area (Å²) in [7, 11) is 1.62. The molecule has 0 unspecified atom stereocenters. The molecule has 0 spiro atoms. The SMILES string of the molecule is Cc1cc(C(=O)N(C)CC(=O)Nc2ccccc2Br)c(C)n1-c1ccccn1. The molecule has 1 aromatic carbocycles. The Bertz CT molecular complexity index is 1010. The first-order valence-electron chi connectivity index (χ1n) is 8.78. The Balaban J connectivity index is 1.75. The second-order valence-electron chi connectivity index (χ2n) is 6.50. The molecule has 0 fully saturated rings. The van der Waals surface area contributed by atoms with E-state index >= 15 is 0 Å². The highest BCUT2D eigenvalue weighted by molar-refractivity contribution is 9.10. The highest BCUT2D eigenvalue weighted by atomic mass is 79.9. The molecular weight excluding hydrogens is 420 g/mol. The highest BCUT2D eigenvalue weighted by Gasteiger charge is 2.21. The van der Waals surface area contributed by atoms with Gasteiger partial charge in [0.2, 0.25) is 5.91 Å². The maximum Gasteiger partial charge on any atom is 0.255 e. The van der Waals surface area contributed by atoms with Gasteiger partial charge in [-0.05, 0) is 60.1 Å². The summed E-state index contributed by atoms with van der Waals surface area (Å²) >= 11 is 3.40. The minimum absolute atomic E-state index is 0.0482. The van der Waals surface area contributed by atoms with Gasteiger partial charge < -0.3 is 14.8 Å². The molecule has 3 rings (SSSR count). The van der Waals surface area contributed by atoms with Crippen LogP contribution in [0.1, 0.15) is 21.7 Å². The molecule has 2 heterocycles. The molecule has 0 aliphatic heterocycles. The fourth-order valence-electron chi connectivity index (χ4n) is 3.06. The Morgan fingerprint density at radius 1 is 1.14 bits per heavy atom. The molecule has 7 heteroatoms. The number of benzene rings is 1. The normalized spacial score (nSPS) is 10.6. The summed E-state index contributed by atoms with van der Waals surface area (Å²) in [5, 5.41) is 2.81. The Labute approximate surface area is 172 Å². The van der Waals surface area contributed by atoms with Crippen LogP contribution in [0.3, 0.4) is 0 Å². The topological polar surface area (TPSA) is 67.2 Å². The number of aromatic nitrogens is 2. The first-order chi connectivity index (χ1) is 13.4. The van der Waals surface area contributed by atoms with E-state index < -0.39 is 0 Å². The van der Waals surface area contributed by atoms with Crippen LogP contribution in [-0.2, 0) is 4.79 Å². The van der Waals surface area contributed by atoms with Gasteiger partial charge in [-0.2, -0.15) is 0 Å². The molecule has 0 saturated carbocycles. The van der Waals surface area contributed by atoms with E-state index in [2.05, 4.69) is 26.2 Å². The summed E-state index contributed by atoms with van der Waals surface area (Å²) in [6.45, 7) is 3.76. The van der Waals surface area contributed by atoms with Crippen LogP contribution in [-0.4, -0.2) is 39.9 Å². The summed E-state index contributed by atoms with van der Waals surface area (Å²) in [5.74, 6) is 0.282. The van der Waals surface area contributed by atoms with Crippen molar-refractivity contribution in [2.75, 3.05) is 18.9 Å². The van der Waals surface area contributed by atoms with Gasteiger partial charge in [0, 0.05) is 29.1 Å². The number of likely N-dealkylation sites (N-methyl/N-ethyl adjacent to an activating group) is 1. The lowest BCUT2D eigenvalue weighted by molar-refractivity contribution is -0.116. The molecule has 0 atom stereocenters. The predicted octanol–water partition coefficient (Wildman–Crippen LogP) is 3.96. The third kappa shape index (κ3) is 4.14. The van der Waals surface area contributed by atoms with Crippen LogP contribution in [0.2, 0.25) is 0 Å². The lowest BCUT2D eigenvalue weighted by Gasteiger charge is -2.17. The van der Waals surface area contributed by atoms with Crippen molar-refractivity contribution in [1.29, 1.82) is 0 Å². The first-order valence-corrected chi connectivity index (χ1v) is 9.58. The number of hydrogen-bond acceptors (Lipinski definition) is 3. The number of amides is 2. The molecule has 0 radical (unpaired) electrons. The highest BCUT2D eigenvalue weighted by Crippen LogP contribution is 2.22. The maximum absolute atomic E-state index is 12.9. The standard InChI is InChI=1S/C21H21BrN4O2/c1-14-12-16(15(2)26(14)19-10-6-7-11-23-19)21(28)25(3)13-20(27)24-18-9-5-4-8-17(18)22/h4-12H,13H2,1-3H3,(H,24,27). The third-order valence-corrected chi connectivity index (χ3v) is 5.11. The van der Waals surface area contributed by atoms with Crippen LogP contribution < -0.4 is 5.32 Å². The Morgan fingerprint density at radius 2 is 1.86 bits per heavy atom. The molecule has 3 aromatic rings. The van der Waals surface area contributed by atoms with Crippen LogP contribution in [0, 0.1) is 13.8 Å². The monoisotopic (exact) mass is 440 g/mol. The van der Waals surface area contributed by atoms with Gasteiger partial charge in [0.15, 0.2) is 0 Å². The van der Waals surface area contributed by atoms with E-state index in [9.17, 15) is 9.59 Å². The molecule has 0 bridgehead atoms. The maximum atomic E-state index is 12.9. The molecule has 0 aliphatic carbocycles. The van der Waals surface area contributed by atoms with Crippen molar-refractivity contribution in [1.82, 2.24) is 14.5 Å². The molecule has 0 aliphatic rings. The summed E-state index contributed by atoms with van der Waals surface area (Å²) in [5.41, 5.74) is 2.92. The van der Waals surface area contributed by atoms with Crippen molar-refractivity contribution in [3.8, 4) is 5.82 Å². The number of rotatable bonds is 5. The van der Waals surface area contributed by atoms with E-state index in [-0.39, 0.29) is 18.4 Å². The van der Waals surface area contributed by atoms with Crippen LogP contribution in [0.4, 0.5) is 5.69 Å². The van der Waals surface area contributed by atoms with Gasteiger partial charge in [-0.15, -0.1) is 0 Å². The summed E-state index contributed by atoms with van der Waals surface area (Å²) in [6.07, 6.45) is 1.72. The number of aryl methyl sites for hydroxylation is 1. The van der Waals surface area contributed by atoms with Gasteiger partial charge in [0.25, 0.3) is 5.91 Å². The summed E-state index contributed by atoms with van der Waals surface area (Å²) in [6, 6.07) is 14.8. The smallest absolute Gasteiger partial charge is 0.255 e. The molecule has 1 N–H and O–H groups in total. The third-order valence-electron chi connectivity index (χ3n) is 4.42. The number of anilines is 1. The molecular formula is C21H21BrN4O2. The number of carbonyl (C=O) groups is 2. The van der Waals surface area contributed by atoms with Crippen LogP contribution in [0.25, 0.3) is 5.82 Å². The molecule has 6 nitrogen and oxygen atoms in total. The Morgan fingerprint density at radius 3 is 2.54 bits per heavy atom. The van der Waals surface area contributed by atoms with E-state index in [1.54, 1.807) is 19.3 Å². The largest absolute Gasteiger partial charge is 0.332 e. The van der Waals surface area contributed by atoms with Crippen molar-refractivity contribution in [3.05, 3.63) is 76.2 Å². The lowest BCUT2D eigenvalue weighted by Crippen LogP contribution is -2.35. The van der Waals surface area contributed by atoms with Crippen molar-refractivity contribution in [2.45, 2.75) is 13.8 Å². The number of hydrogen-bond donors (Lipinski definition) is 1. The van der Waals surface area contributed by atoms with Crippen molar-refractivity contribution >= 4 is 33.4 Å². The molecule has 0 saturated heterocycles.